The Hall–Kier alpha value is -2.40. The summed E-state index contributed by atoms with van der Waals surface area (Å²) < 4.78 is 0. The molecule has 0 atom stereocenters. The molecule has 3 rings (SSSR count). The minimum Gasteiger partial charge on any atom is -0.385 e. The highest BCUT2D eigenvalue weighted by molar-refractivity contribution is 6.06. The Bertz CT molecular complexity index is 714. The van der Waals surface area contributed by atoms with Crippen molar-refractivity contribution >= 4 is 17.3 Å². The second-order valence-corrected chi connectivity index (χ2v) is 6.35. The molecule has 0 bridgehead atoms. The van der Waals surface area contributed by atoms with E-state index in [1.165, 1.54) is 5.56 Å². The number of amides is 1. The molecule has 0 unspecified atom stereocenters. The van der Waals surface area contributed by atoms with E-state index in [1.807, 2.05) is 35.2 Å². The van der Waals surface area contributed by atoms with Gasteiger partial charge in [-0.25, -0.2) is 0 Å². The van der Waals surface area contributed by atoms with Crippen LogP contribution in [0.15, 0.2) is 42.6 Å². The minimum absolute atomic E-state index is 0.0307. The number of carbonyl (C=O) groups excluding carboxylic acids is 1. The van der Waals surface area contributed by atoms with Crippen LogP contribution in [0, 0.1) is 0 Å². The average molecular weight is 324 g/mol. The summed E-state index contributed by atoms with van der Waals surface area (Å²) in [5, 5.41) is 3.37. The van der Waals surface area contributed by atoms with E-state index in [-0.39, 0.29) is 5.91 Å². The molecular formula is C19H24N4O. The van der Waals surface area contributed by atoms with Gasteiger partial charge in [-0.15, -0.1) is 0 Å². The molecule has 0 saturated heterocycles. The summed E-state index contributed by atoms with van der Waals surface area (Å²) in [6.45, 7) is 2.64. The van der Waals surface area contributed by atoms with E-state index in [1.54, 1.807) is 6.20 Å². The van der Waals surface area contributed by atoms with Crippen LogP contribution in [0.5, 0.6) is 0 Å². The van der Waals surface area contributed by atoms with E-state index in [4.69, 9.17) is 0 Å². The standard InChI is InChI=1S/C19H24N4O/c1-22(2)12-5-10-20-16-8-11-21-17(14-16)19(24)23-13-9-15-6-3-4-7-18(15)23/h3-4,6-8,11,14H,5,9-10,12-13H2,1-2H3,(H,20,21). The van der Waals surface area contributed by atoms with Gasteiger partial charge in [-0.3, -0.25) is 9.78 Å². The van der Waals surface area contributed by atoms with Gasteiger partial charge in [0.2, 0.25) is 0 Å². The van der Waals surface area contributed by atoms with Gasteiger partial charge < -0.3 is 15.1 Å². The van der Waals surface area contributed by atoms with E-state index in [9.17, 15) is 4.79 Å². The number of benzene rings is 1. The number of fused-ring (bicyclic) bond motifs is 1. The SMILES string of the molecule is CN(C)CCCNc1ccnc(C(=O)N2CCc3ccccc32)c1. The van der Waals surface area contributed by atoms with Crippen molar-refractivity contribution in [1.29, 1.82) is 0 Å². The largest absolute Gasteiger partial charge is 0.385 e. The van der Waals surface area contributed by atoms with Gasteiger partial charge in [0.25, 0.3) is 5.91 Å². The van der Waals surface area contributed by atoms with Crippen molar-refractivity contribution in [3.8, 4) is 0 Å². The Morgan fingerprint density at radius 2 is 2.12 bits per heavy atom. The number of rotatable bonds is 6. The quantitative estimate of drug-likeness (QED) is 0.830. The van der Waals surface area contributed by atoms with Gasteiger partial charge in [0.15, 0.2) is 0 Å². The molecule has 0 radical (unpaired) electrons. The summed E-state index contributed by atoms with van der Waals surface area (Å²) in [6, 6.07) is 11.8. The van der Waals surface area contributed by atoms with Gasteiger partial charge in [-0.2, -0.15) is 0 Å². The van der Waals surface area contributed by atoms with Crippen LogP contribution in [0.2, 0.25) is 0 Å². The summed E-state index contributed by atoms with van der Waals surface area (Å²) in [4.78, 5) is 21.1. The fourth-order valence-electron chi connectivity index (χ4n) is 2.97. The van der Waals surface area contributed by atoms with Gasteiger partial charge in [0, 0.05) is 30.7 Å². The molecule has 2 heterocycles. The summed E-state index contributed by atoms with van der Waals surface area (Å²) in [7, 11) is 4.13. The highest BCUT2D eigenvalue weighted by Crippen LogP contribution is 2.28. The summed E-state index contributed by atoms with van der Waals surface area (Å²) in [6.07, 6.45) is 3.66. The fraction of sp³-hybridized carbons (Fsp3) is 0.368. The van der Waals surface area contributed by atoms with E-state index in [0.29, 0.717) is 5.69 Å². The molecule has 5 heteroatoms. The molecule has 5 nitrogen and oxygen atoms in total. The van der Waals surface area contributed by atoms with Crippen LogP contribution in [0.3, 0.4) is 0 Å². The molecular weight excluding hydrogens is 300 g/mol. The lowest BCUT2D eigenvalue weighted by molar-refractivity contribution is 0.0984. The van der Waals surface area contributed by atoms with Crippen LogP contribution in [-0.2, 0) is 6.42 Å². The predicted molar refractivity (Wildman–Crippen MR) is 97.7 cm³/mol. The van der Waals surface area contributed by atoms with Crippen LogP contribution in [0.25, 0.3) is 0 Å². The van der Waals surface area contributed by atoms with Gasteiger partial charge in [0.1, 0.15) is 5.69 Å². The molecule has 2 aromatic rings. The molecule has 24 heavy (non-hydrogen) atoms. The second-order valence-electron chi connectivity index (χ2n) is 6.35. The Labute approximate surface area is 143 Å². The molecule has 0 aliphatic carbocycles. The molecule has 0 spiro atoms. The molecule has 1 aliphatic heterocycles. The Morgan fingerprint density at radius 3 is 2.96 bits per heavy atom. The first-order valence-corrected chi connectivity index (χ1v) is 8.39. The number of hydrogen-bond donors (Lipinski definition) is 1. The third-order valence-electron chi connectivity index (χ3n) is 4.22. The van der Waals surface area contributed by atoms with E-state index >= 15 is 0 Å². The van der Waals surface area contributed by atoms with Crippen LogP contribution >= 0.6 is 0 Å². The van der Waals surface area contributed by atoms with E-state index in [0.717, 1.165) is 43.9 Å². The lowest BCUT2D eigenvalue weighted by atomic mass is 10.2. The number of nitrogens with one attached hydrogen (secondary N) is 1. The zero-order valence-corrected chi connectivity index (χ0v) is 14.3. The smallest absolute Gasteiger partial charge is 0.276 e. The summed E-state index contributed by atoms with van der Waals surface area (Å²) in [5.74, 6) is -0.0307. The number of carbonyl (C=O) groups is 1. The number of aromatic nitrogens is 1. The maximum Gasteiger partial charge on any atom is 0.276 e. The molecule has 1 aromatic heterocycles. The summed E-state index contributed by atoms with van der Waals surface area (Å²) >= 11 is 0. The van der Waals surface area contributed by atoms with Gasteiger partial charge in [0.05, 0.1) is 0 Å². The van der Waals surface area contributed by atoms with E-state index in [2.05, 4.69) is 35.4 Å². The molecule has 1 N–H and O–H groups in total. The monoisotopic (exact) mass is 324 g/mol. The number of pyridine rings is 1. The van der Waals surface area contributed by atoms with Crippen molar-refractivity contribution in [2.75, 3.05) is 43.9 Å². The zero-order chi connectivity index (χ0) is 16.9. The predicted octanol–water partition coefficient (Wildman–Crippen LogP) is 2.65. The molecule has 0 fully saturated rings. The van der Waals surface area contributed by atoms with Crippen molar-refractivity contribution in [2.45, 2.75) is 12.8 Å². The van der Waals surface area contributed by atoms with Crippen LogP contribution in [0.4, 0.5) is 11.4 Å². The van der Waals surface area contributed by atoms with Crippen molar-refractivity contribution in [3.05, 3.63) is 53.9 Å². The maximum atomic E-state index is 12.8. The van der Waals surface area contributed by atoms with Crippen molar-refractivity contribution < 1.29 is 4.79 Å². The Balaban J connectivity index is 1.67. The normalized spacial score (nSPS) is 13.2. The second kappa shape index (κ2) is 7.45. The number of nitrogens with zero attached hydrogens (tertiary/aromatic N) is 3. The van der Waals surface area contributed by atoms with Crippen molar-refractivity contribution in [1.82, 2.24) is 9.88 Å². The Morgan fingerprint density at radius 1 is 1.29 bits per heavy atom. The first-order chi connectivity index (χ1) is 11.6. The van der Waals surface area contributed by atoms with E-state index < -0.39 is 0 Å². The van der Waals surface area contributed by atoms with Crippen LogP contribution in [-0.4, -0.2) is 49.5 Å². The average Bonchev–Trinajstić information content (AvgIpc) is 3.02. The number of anilines is 2. The number of hydrogen-bond acceptors (Lipinski definition) is 4. The molecule has 1 aromatic carbocycles. The lowest BCUT2D eigenvalue weighted by Gasteiger charge is -2.17. The maximum absolute atomic E-state index is 12.8. The topological polar surface area (TPSA) is 48.5 Å². The van der Waals surface area contributed by atoms with Crippen molar-refractivity contribution in [2.24, 2.45) is 0 Å². The third kappa shape index (κ3) is 3.74. The number of para-hydroxylation sites is 1. The van der Waals surface area contributed by atoms with Crippen LogP contribution in [0.1, 0.15) is 22.5 Å². The zero-order valence-electron chi connectivity index (χ0n) is 14.3. The van der Waals surface area contributed by atoms with Crippen molar-refractivity contribution in [3.63, 3.8) is 0 Å². The van der Waals surface area contributed by atoms with Crippen LogP contribution < -0.4 is 10.2 Å². The molecule has 1 aliphatic rings. The molecule has 1 amide bonds. The van der Waals surface area contributed by atoms with Gasteiger partial charge in [-0.05, 0) is 57.2 Å². The molecule has 0 saturated carbocycles. The highest BCUT2D eigenvalue weighted by Gasteiger charge is 2.25. The first-order valence-electron chi connectivity index (χ1n) is 8.39. The molecule has 126 valence electrons. The first kappa shape index (κ1) is 16.5. The van der Waals surface area contributed by atoms with Gasteiger partial charge in [-0.1, -0.05) is 18.2 Å². The Kier molecular flexibility index (Phi) is 5.11. The third-order valence-corrected chi connectivity index (χ3v) is 4.22. The highest BCUT2D eigenvalue weighted by atomic mass is 16.2. The van der Waals surface area contributed by atoms with Gasteiger partial charge >= 0.3 is 0 Å². The lowest BCUT2D eigenvalue weighted by Crippen LogP contribution is -2.29. The minimum atomic E-state index is -0.0307. The fourth-order valence-corrected chi connectivity index (χ4v) is 2.97. The summed E-state index contributed by atoms with van der Waals surface area (Å²) in [5.41, 5.74) is 3.67.